The van der Waals surface area contributed by atoms with Gasteiger partial charge in [-0.25, -0.2) is 9.59 Å². The Bertz CT molecular complexity index is 376. The van der Waals surface area contributed by atoms with Gasteiger partial charge in [0.15, 0.2) is 0 Å². The van der Waals surface area contributed by atoms with Gasteiger partial charge in [0.2, 0.25) is 0 Å². The highest BCUT2D eigenvalue weighted by Crippen LogP contribution is 2.10. The van der Waals surface area contributed by atoms with Crippen LogP contribution in [0.3, 0.4) is 0 Å². The van der Waals surface area contributed by atoms with Crippen LogP contribution < -0.4 is 22.1 Å². The molecule has 0 rings (SSSR count). The van der Waals surface area contributed by atoms with E-state index in [0.717, 1.165) is 0 Å². The third-order valence-corrected chi connectivity index (χ3v) is 2.24. The van der Waals surface area contributed by atoms with E-state index in [2.05, 4.69) is 10.6 Å². The summed E-state index contributed by atoms with van der Waals surface area (Å²) in [6.45, 7) is 8.02. The molecular weight excluding hydrogens is 272 g/mol. The van der Waals surface area contributed by atoms with Gasteiger partial charge in [-0.2, -0.15) is 0 Å². The summed E-state index contributed by atoms with van der Waals surface area (Å²) < 4.78 is 5.30. The third kappa shape index (κ3) is 11.4. The van der Waals surface area contributed by atoms with Crippen molar-refractivity contribution in [2.45, 2.75) is 40.5 Å². The molecule has 6 N–H and O–H groups in total. The largest absolute Gasteiger partial charge is 0.469 e. The first-order chi connectivity index (χ1) is 9.70. The van der Waals surface area contributed by atoms with Crippen LogP contribution in [0.25, 0.3) is 0 Å². The van der Waals surface area contributed by atoms with Gasteiger partial charge in [-0.05, 0) is 24.7 Å². The van der Waals surface area contributed by atoms with Crippen LogP contribution in [-0.4, -0.2) is 12.1 Å². The number of hydrogen-bond donors (Lipinski definition) is 4. The van der Waals surface area contributed by atoms with Gasteiger partial charge in [-0.1, -0.05) is 27.7 Å². The molecule has 0 aromatic carbocycles. The van der Waals surface area contributed by atoms with Crippen molar-refractivity contribution in [3.8, 4) is 0 Å². The van der Waals surface area contributed by atoms with Crippen molar-refractivity contribution in [2.24, 2.45) is 23.3 Å². The maximum atomic E-state index is 10.9. The molecule has 0 heterocycles. The van der Waals surface area contributed by atoms with Gasteiger partial charge in [-0.15, -0.1) is 0 Å². The van der Waals surface area contributed by atoms with Gasteiger partial charge in [-0.3, -0.25) is 0 Å². The quantitative estimate of drug-likeness (QED) is 0.514. The molecular formula is C14H26N4O3. The van der Waals surface area contributed by atoms with Gasteiger partial charge >= 0.3 is 12.1 Å². The van der Waals surface area contributed by atoms with E-state index in [9.17, 15) is 9.59 Å². The lowest BCUT2D eigenvalue weighted by Gasteiger charge is -2.12. The van der Waals surface area contributed by atoms with Gasteiger partial charge < -0.3 is 26.8 Å². The zero-order valence-electron chi connectivity index (χ0n) is 13.1. The number of nitrogens with two attached hydrogens (primary N) is 2. The molecule has 4 amide bonds. The van der Waals surface area contributed by atoms with Crippen molar-refractivity contribution >= 4 is 12.1 Å². The molecule has 21 heavy (non-hydrogen) atoms. The molecule has 0 aliphatic heterocycles. The van der Waals surface area contributed by atoms with E-state index in [0.29, 0.717) is 36.1 Å². The molecule has 0 saturated heterocycles. The molecule has 0 atom stereocenters. The lowest BCUT2D eigenvalue weighted by Crippen LogP contribution is -2.30. The fraction of sp³-hybridized carbons (Fsp3) is 0.571. The second-order valence-electron chi connectivity index (χ2n) is 5.60. The number of rotatable bonds is 8. The molecule has 120 valence electrons. The van der Waals surface area contributed by atoms with E-state index < -0.39 is 12.1 Å². The molecule has 0 radical (unpaired) electrons. The van der Waals surface area contributed by atoms with E-state index in [1.54, 1.807) is 0 Å². The van der Waals surface area contributed by atoms with E-state index in [1.807, 2.05) is 27.7 Å². The van der Waals surface area contributed by atoms with Gasteiger partial charge in [0.1, 0.15) is 12.5 Å². The van der Waals surface area contributed by atoms with Crippen molar-refractivity contribution in [1.82, 2.24) is 10.6 Å². The van der Waals surface area contributed by atoms with Crippen molar-refractivity contribution < 1.29 is 14.3 Å². The second-order valence-corrected chi connectivity index (χ2v) is 5.60. The van der Waals surface area contributed by atoms with Gasteiger partial charge in [0.05, 0.1) is 11.4 Å². The summed E-state index contributed by atoms with van der Waals surface area (Å²) in [6, 6.07) is -1.29. The minimum atomic E-state index is -0.646. The van der Waals surface area contributed by atoms with Crippen LogP contribution in [-0.2, 0) is 4.74 Å². The molecule has 0 spiro atoms. The predicted octanol–water partition coefficient (Wildman–Crippen LogP) is 2.11. The Kier molecular flexibility index (Phi) is 8.68. The molecule has 0 aromatic heterocycles. The number of ether oxygens (including phenoxy) is 1. The normalized spacial score (nSPS) is 12.5. The Morgan fingerprint density at radius 3 is 1.48 bits per heavy atom. The minimum absolute atomic E-state index is 0.328. The number of hydrogen-bond acceptors (Lipinski definition) is 3. The Morgan fingerprint density at radius 2 is 1.24 bits per heavy atom. The standard InChI is InChI=1S/C14H26N4O3/c1-9(2)5-11(17-13(15)19)7-21-8-12(6-10(3)4)18-14(16)20/h7-10H,5-6H2,1-4H3,(H3,15,17,19)(H3,16,18,20). The van der Waals surface area contributed by atoms with Crippen LogP contribution in [0.4, 0.5) is 9.59 Å². The fourth-order valence-corrected chi connectivity index (χ4v) is 1.65. The van der Waals surface area contributed by atoms with Gasteiger partial charge in [0, 0.05) is 0 Å². The second kappa shape index (κ2) is 9.68. The molecule has 0 bridgehead atoms. The third-order valence-electron chi connectivity index (χ3n) is 2.24. The average molecular weight is 298 g/mol. The Hall–Kier alpha value is -2.18. The van der Waals surface area contributed by atoms with Crippen LogP contribution in [0.15, 0.2) is 23.9 Å². The van der Waals surface area contributed by atoms with Gasteiger partial charge in [0.25, 0.3) is 0 Å². The van der Waals surface area contributed by atoms with E-state index in [1.165, 1.54) is 12.5 Å². The summed E-state index contributed by atoms with van der Waals surface area (Å²) in [5.41, 5.74) is 11.3. The molecule has 0 aromatic rings. The zero-order chi connectivity index (χ0) is 16.4. The van der Waals surface area contributed by atoms with Crippen LogP contribution in [0, 0.1) is 11.8 Å². The minimum Gasteiger partial charge on any atom is -0.469 e. The number of carbonyl (C=O) groups is 2. The maximum absolute atomic E-state index is 10.9. The summed E-state index contributed by atoms with van der Waals surface area (Å²) in [5.74, 6) is 0.657. The summed E-state index contributed by atoms with van der Waals surface area (Å²) in [4.78, 5) is 21.8. The summed E-state index contributed by atoms with van der Waals surface area (Å²) in [7, 11) is 0. The molecule has 0 aliphatic rings. The van der Waals surface area contributed by atoms with E-state index in [4.69, 9.17) is 16.2 Å². The molecule has 7 nitrogen and oxygen atoms in total. The monoisotopic (exact) mass is 298 g/mol. The predicted molar refractivity (Wildman–Crippen MR) is 81.6 cm³/mol. The van der Waals surface area contributed by atoms with Crippen molar-refractivity contribution in [3.63, 3.8) is 0 Å². The van der Waals surface area contributed by atoms with Crippen LogP contribution in [0.2, 0.25) is 0 Å². The molecule has 0 unspecified atom stereocenters. The first kappa shape index (κ1) is 18.8. The van der Waals surface area contributed by atoms with Crippen molar-refractivity contribution in [3.05, 3.63) is 23.9 Å². The van der Waals surface area contributed by atoms with Crippen molar-refractivity contribution in [2.75, 3.05) is 0 Å². The topological polar surface area (TPSA) is 119 Å². The highest BCUT2D eigenvalue weighted by molar-refractivity contribution is 5.74. The van der Waals surface area contributed by atoms with Crippen LogP contribution >= 0.6 is 0 Å². The number of carbonyl (C=O) groups excluding carboxylic acids is 2. The summed E-state index contributed by atoms with van der Waals surface area (Å²) >= 11 is 0. The number of nitrogens with one attached hydrogen (secondary N) is 2. The Balaban J connectivity index is 4.81. The summed E-state index contributed by atoms with van der Waals surface area (Å²) in [6.07, 6.45) is 4.01. The SMILES string of the molecule is CC(C)CC(=COC=C(CC(C)C)NC(N)=O)NC(N)=O. The average Bonchev–Trinajstić information content (AvgIpc) is 2.24. The molecule has 0 aliphatic carbocycles. The lowest BCUT2D eigenvalue weighted by atomic mass is 10.1. The first-order valence-electron chi connectivity index (χ1n) is 6.87. The number of allylic oxidation sites excluding steroid dienone is 2. The van der Waals surface area contributed by atoms with Crippen molar-refractivity contribution in [1.29, 1.82) is 0 Å². The van der Waals surface area contributed by atoms with Crippen LogP contribution in [0.1, 0.15) is 40.5 Å². The zero-order valence-corrected chi connectivity index (χ0v) is 13.1. The maximum Gasteiger partial charge on any atom is 0.316 e. The van der Waals surface area contributed by atoms with Crippen LogP contribution in [0.5, 0.6) is 0 Å². The molecule has 7 heteroatoms. The lowest BCUT2D eigenvalue weighted by molar-refractivity contribution is 0.250. The number of urea groups is 2. The molecule has 0 saturated carbocycles. The number of amides is 4. The van der Waals surface area contributed by atoms with E-state index >= 15 is 0 Å². The highest BCUT2D eigenvalue weighted by Gasteiger charge is 2.06. The Labute approximate surface area is 125 Å². The summed E-state index contributed by atoms with van der Waals surface area (Å²) in [5, 5.41) is 5.00. The number of primary amides is 2. The smallest absolute Gasteiger partial charge is 0.316 e. The molecule has 0 fully saturated rings. The fourth-order valence-electron chi connectivity index (χ4n) is 1.65. The first-order valence-corrected chi connectivity index (χ1v) is 6.87. The van der Waals surface area contributed by atoms with E-state index in [-0.39, 0.29) is 0 Å². The highest BCUT2D eigenvalue weighted by atomic mass is 16.5. The Morgan fingerprint density at radius 1 is 0.905 bits per heavy atom.